The van der Waals surface area contributed by atoms with E-state index in [1.54, 1.807) is 12.1 Å². The fourth-order valence-electron chi connectivity index (χ4n) is 2.95. The number of hydrogen-bond acceptors (Lipinski definition) is 3. The predicted octanol–water partition coefficient (Wildman–Crippen LogP) is 3.12. The molecule has 26 heavy (non-hydrogen) atoms. The van der Waals surface area contributed by atoms with E-state index < -0.39 is 5.97 Å². The van der Waals surface area contributed by atoms with Gasteiger partial charge in [-0.2, -0.15) is 0 Å². The first-order valence-corrected chi connectivity index (χ1v) is 8.76. The summed E-state index contributed by atoms with van der Waals surface area (Å²) in [7, 11) is 0. The molecule has 3 rings (SSSR count). The average Bonchev–Trinajstić information content (AvgIpc) is 3.09. The van der Waals surface area contributed by atoms with Crippen LogP contribution in [0.3, 0.4) is 0 Å². The molecule has 136 valence electrons. The number of carboxylic acids is 1. The molecule has 0 spiro atoms. The summed E-state index contributed by atoms with van der Waals surface area (Å²) < 4.78 is 0. The van der Waals surface area contributed by atoms with Crippen molar-refractivity contribution >= 4 is 29.3 Å². The van der Waals surface area contributed by atoms with Gasteiger partial charge in [0.2, 0.25) is 0 Å². The lowest BCUT2D eigenvalue weighted by atomic mass is 10.1. The summed E-state index contributed by atoms with van der Waals surface area (Å²) in [4.78, 5) is 25.1. The van der Waals surface area contributed by atoms with Gasteiger partial charge in [-0.3, -0.25) is 0 Å². The highest BCUT2D eigenvalue weighted by Crippen LogP contribution is 2.22. The van der Waals surface area contributed by atoms with Crippen molar-refractivity contribution in [1.29, 1.82) is 0 Å². The van der Waals surface area contributed by atoms with Gasteiger partial charge in [-0.15, -0.1) is 0 Å². The van der Waals surface area contributed by atoms with Crippen molar-refractivity contribution in [3.05, 3.63) is 64.7 Å². The molecule has 2 aromatic rings. The fraction of sp³-hybridized carbons (Fsp3) is 0.263. The number of nitrogens with zero attached hydrogens (tertiary/aromatic N) is 1. The molecule has 0 saturated carbocycles. The van der Waals surface area contributed by atoms with Gasteiger partial charge in [-0.25, -0.2) is 9.59 Å². The molecule has 0 aliphatic carbocycles. The zero-order chi connectivity index (χ0) is 18.5. The van der Waals surface area contributed by atoms with Crippen LogP contribution in [0.15, 0.2) is 48.5 Å². The Morgan fingerprint density at radius 2 is 1.81 bits per heavy atom. The number of aromatic carboxylic acids is 1. The van der Waals surface area contributed by atoms with Crippen LogP contribution in [0.2, 0.25) is 5.02 Å². The second-order valence-corrected chi connectivity index (χ2v) is 6.67. The maximum absolute atomic E-state index is 12.1. The van der Waals surface area contributed by atoms with E-state index in [4.69, 9.17) is 16.7 Å². The van der Waals surface area contributed by atoms with Crippen molar-refractivity contribution in [2.75, 3.05) is 18.0 Å². The second kappa shape index (κ2) is 8.10. The molecule has 2 amide bonds. The van der Waals surface area contributed by atoms with Crippen LogP contribution in [0.5, 0.6) is 0 Å². The number of benzene rings is 2. The van der Waals surface area contributed by atoms with Crippen LogP contribution in [0, 0.1) is 0 Å². The van der Waals surface area contributed by atoms with Gasteiger partial charge < -0.3 is 20.6 Å². The summed E-state index contributed by atoms with van der Waals surface area (Å²) in [6.07, 6.45) is 0.878. The highest BCUT2D eigenvalue weighted by molar-refractivity contribution is 6.30. The van der Waals surface area contributed by atoms with Gasteiger partial charge in [0, 0.05) is 36.4 Å². The quantitative estimate of drug-likeness (QED) is 0.752. The SMILES string of the molecule is O=C(NCc1ccc(C(=O)O)cc1)NC1CCN(c2ccc(Cl)cc2)C1. The number of amides is 2. The molecule has 3 N–H and O–H groups in total. The number of halogens is 1. The number of carbonyl (C=O) groups is 2. The van der Waals surface area contributed by atoms with E-state index in [0.29, 0.717) is 11.6 Å². The van der Waals surface area contributed by atoms with Gasteiger partial charge >= 0.3 is 12.0 Å². The second-order valence-electron chi connectivity index (χ2n) is 6.24. The van der Waals surface area contributed by atoms with Gasteiger partial charge in [0.15, 0.2) is 0 Å². The number of carbonyl (C=O) groups excluding carboxylic acids is 1. The Hall–Kier alpha value is -2.73. The van der Waals surface area contributed by atoms with E-state index in [-0.39, 0.29) is 17.6 Å². The molecule has 0 radical (unpaired) electrons. The summed E-state index contributed by atoms with van der Waals surface area (Å²) in [5.41, 5.74) is 2.17. The van der Waals surface area contributed by atoms with Crippen LogP contribution < -0.4 is 15.5 Å². The van der Waals surface area contributed by atoms with E-state index in [1.165, 1.54) is 12.1 Å². The molecular formula is C19H20ClN3O3. The smallest absolute Gasteiger partial charge is 0.335 e. The summed E-state index contributed by atoms with van der Waals surface area (Å²) >= 11 is 5.91. The summed E-state index contributed by atoms with van der Waals surface area (Å²) in [5.74, 6) is -0.964. The van der Waals surface area contributed by atoms with Gasteiger partial charge in [-0.05, 0) is 48.4 Å². The van der Waals surface area contributed by atoms with E-state index in [0.717, 1.165) is 30.8 Å². The summed E-state index contributed by atoms with van der Waals surface area (Å²) in [6, 6.07) is 14.0. The lowest BCUT2D eigenvalue weighted by Gasteiger charge is -2.19. The molecule has 0 bridgehead atoms. The maximum atomic E-state index is 12.1. The van der Waals surface area contributed by atoms with E-state index in [9.17, 15) is 9.59 Å². The fourth-order valence-corrected chi connectivity index (χ4v) is 3.07. The molecule has 7 heteroatoms. The number of nitrogens with one attached hydrogen (secondary N) is 2. The van der Waals surface area contributed by atoms with Crippen molar-refractivity contribution in [3.63, 3.8) is 0 Å². The van der Waals surface area contributed by atoms with Gasteiger partial charge in [0.05, 0.1) is 5.56 Å². The lowest BCUT2D eigenvalue weighted by molar-refractivity contribution is 0.0697. The third kappa shape index (κ3) is 4.67. The Morgan fingerprint density at radius 3 is 2.46 bits per heavy atom. The molecule has 1 atom stereocenters. The highest BCUT2D eigenvalue weighted by atomic mass is 35.5. The molecule has 1 saturated heterocycles. The van der Waals surface area contributed by atoms with Gasteiger partial charge in [0.25, 0.3) is 0 Å². The van der Waals surface area contributed by atoms with Crippen molar-refractivity contribution in [3.8, 4) is 0 Å². The van der Waals surface area contributed by atoms with E-state index >= 15 is 0 Å². The van der Waals surface area contributed by atoms with Crippen molar-refractivity contribution < 1.29 is 14.7 Å². The molecule has 6 nitrogen and oxygen atoms in total. The van der Waals surface area contributed by atoms with Gasteiger partial charge in [-0.1, -0.05) is 23.7 Å². The number of urea groups is 1. The van der Waals surface area contributed by atoms with E-state index in [2.05, 4.69) is 15.5 Å². The van der Waals surface area contributed by atoms with Crippen LogP contribution in [0.4, 0.5) is 10.5 Å². The molecule has 2 aromatic carbocycles. The molecule has 1 heterocycles. The van der Waals surface area contributed by atoms with Crippen LogP contribution in [-0.2, 0) is 6.54 Å². The van der Waals surface area contributed by atoms with Crippen LogP contribution >= 0.6 is 11.6 Å². The molecule has 1 aliphatic heterocycles. The average molecular weight is 374 g/mol. The zero-order valence-corrected chi connectivity index (χ0v) is 14.9. The monoisotopic (exact) mass is 373 g/mol. The Labute approximate surface area is 156 Å². The van der Waals surface area contributed by atoms with Crippen molar-refractivity contribution in [1.82, 2.24) is 10.6 Å². The van der Waals surface area contributed by atoms with Crippen molar-refractivity contribution in [2.24, 2.45) is 0 Å². The number of anilines is 1. The first-order valence-electron chi connectivity index (χ1n) is 8.38. The third-order valence-corrected chi connectivity index (χ3v) is 4.62. The van der Waals surface area contributed by atoms with Crippen LogP contribution in [0.1, 0.15) is 22.3 Å². The van der Waals surface area contributed by atoms with Crippen LogP contribution in [-0.4, -0.2) is 36.2 Å². The first kappa shape index (κ1) is 18.1. The highest BCUT2D eigenvalue weighted by Gasteiger charge is 2.23. The molecular weight excluding hydrogens is 354 g/mol. The Kier molecular flexibility index (Phi) is 5.63. The standard InChI is InChI=1S/C19H20ClN3O3/c20-15-5-7-17(8-6-15)23-10-9-16(12-23)22-19(26)21-11-13-1-3-14(4-2-13)18(24)25/h1-8,16H,9-12H2,(H,24,25)(H2,21,22,26). The first-order chi connectivity index (χ1) is 12.5. The Bertz CT molecular complexity index is 778. The molecule has 0 aromatic heterocycles. The van der Waals surface area contributed by atoms with Crippen LogP contribution in [0.25, 0.3) is 0 Å². The normalized spacial score (nSPS) is 16.3. The summed E-state index contributed by atoms with van der Waals surface area (Å²) in [6.45, 7) is 1.98. The Morgan fingerprint density at radius 1 is 1.12 bits per heavy atom. The maximum Gasteiger partial charge on any atom is 0.335 e. The number of rotatable bonds is 5. The van der Waals surface area contributed by atoms with Gasteiger partial charge in [0.1, 0.15) is 0 Å². The molecule has 1 fully saturated rings. The summed E-state index contributed by atoms with van der Waals surface area (Å²) in [5, 5.41) is 15.4. The minimum Gasteiger partial charge on any atom is -0.478 e. The Balaban J connectivity index is 1.45. The molecule has 1 aliphatic rings. The molecule has 1 unspecified atom stereocenters. The van der Waals surface area contributed by atoms with Crippen molar-refractivity contribution in [2.45, 2.75) is 19.0 Å². The van der Waals surface area contributed by atoms with E-state index in [1.807, 2.05) is 24.3 Å². The third-order valence-electron chi connectivity index (χ3n) is 4.37. The minimum absolute atomic E-state index is 0.0834. The largest absolute Gasteiger partial charge is 0.478 e. The lowest BCUT2D eigenvalue weighted by Crippen LogP contribution is -2.43. The number of hydrogen-bond donors (Lipinski definition) is 3. The zero-order valence-electron chi connectivity index (χ0n) is 14.1. The topological polar surface area (TPSA) is 81.7 Å². The minimum atomic E-state index is -0.964. The number of carboxylic acid groups (broad SMARTS) is 1. The predicted molar refractivity (Wildman–Crippen MR) is 101 cm³/mol.